The summed E-state index contributed by atoms with van der Waals surface area (Å²) >= 11 is 0. The molecule has 138 valence electrons. The number of nitrogens with two attached hydrogens (primary N) is 1. The molecule has 4 heteroatoms. The molecule has 0 radical (unpaired) electrons. The van der Waals surface area contributed by atoms with Crippen LogP contribution in [0.2, 0.25) is 0 Å². The predicted octanol–water partition coefficient (Wildman–Crippen LogP) is 3.84. The highest BCUT2D eigenvalue weighted by molar-refractivity contribution is 5.85. The highest BCUT2D eigenvalue weighted by Gasteiger charge is 2.55. The van der Waals surface area contributed by atoms with Gasteiger partial charge in [0.05, 0.1) is 5.41 Å². The zero-order valence-corrected chi connectivity index (χ0v) is 15.8. The highest BCUT2D eigenvalue weighted by Crippen LogP contribution is 2.57. The fourth-order valence-electron chi connectivity index (χ4n) is 5.57. The monoisotopic (exact) mass is 362 g/mol. The molecule has 1 aromatic carbocycles. The predicted molar refractivity (Wildman–Crippen MR) is 104 cm³/mol. The molecule has 3 nitrogen and oxygen atoms in total. The van der Waals surface area contributed by atoms with Crippen LogP contribution in [-0.4, -0.2) is 18.0 Å². The van der Waals surface area contributed by atoms with Crippen LogP contribution in [0.3, 0.4) is 0 Å². The molecule has 3 aliphatic rings. The van der Waals surface area contributed by atoms with E-state index in [4.69, 9.17) is 5.73 Å². The molecule has 0 heterocycles. The van der Waals surface area contributed by atoms with Gasteiger partial charge in [0, 0.05) is 12.1 Å². The molecule has 0 aromatic heterocycles. The zero-order valence-electron chi connectivity index (χ0n) is 15.0. The van der Waals surface area contributed by atoms with Gasteiger partial charge >= 0.3 is 0 Å². The van der Waals surface area contributed by atoms with E-state index in [-0.39, 0.29) is 17.8 Å². The third kappa shape index (κ3) is 3.73. The van der Waals surface area contributed by atoms with Gasteiger partial charge in [0.1, 0.15) is 0 Å². The third-order valence-corrected chi connectivity index (χ3v) is 6.90. The minimum Gasteiger partial charge on any atom is -0.353 e. The summed E-state index contributed by atoms with van der Waals surface area (Å²) in [7, 11) is 0. The normalized spacial score (nSPS) is 36.7. The van der Waals surface area contributed by atoms with Gasteiger partial charge in [-0.3, -0.25) is 4.79 Å². The van der Waals surface area contributed by atoms with Gasteiger partial charge in [-0.15, -0.1) is 12.4 Å². The van der Waals surface area contributed by atoms with Crippen LogP contribution in [0.25, 0.3) is 0 Å². The van der Waals surface area contributed by atoms with Crippen LogP contribution < -0.4 is 11.1 Å². The Kier molecular flexibility index (Phi) is 5.75. The second-order valence-electron chi connectivity index (χ2n) is 8.48. The second kappa shape index (κ2) is 7.67. The molecule has 1 aromatic rings. The SMILES string of the molecule is Cl.NC1CCC(NC(=O)C2(Cc3ccccc3)CC3CCC2C3)CC1. The molecule has 4 rings (SSSR count). The zero-order chi connectivity index (χ0) is 16.6. The lowest BCUT2D eigenvalue weighted by Crippen LogP contribution is -2.50. The topological polar surface area (TPSA) is 55.1 Å². The molecule has 0 aliphatic heterocycles. The van der Waals surface area contributed by atoms with Crippen LogP contribution in [0, 0.1) is 17.3 Å². The summed E-state index contributed by atoms with van der Waals surface area (Å²) in [6.07, 6.45) is 10.00. The average molecular weight is 363 g/mol. The number of nitrogens with one attached hydrogen (secondary N) is 1. The average Bonchev–Trinajstić information content (AvgIpc) is 3.19. The van der Waals surface area contributed by atoms with Gasteiger partial charge in [0.15, 0.2) is 0 Å². The number of hydrogen-bond acceptors (Lipinski definition) is 2. The van der Waals surface area contributed by atoms with E-state index in [0.717, 1.165) is 44.4 Å². The summed E-state index contributed by atoms with van der Waals surface area (Å²) in [5.41, 5.74) is 7.16. The number of halogens is 1. The minimum absolute atomic E-state index is 0. The summed E-state index contributed by atoms with van der Waals surface area (Å²) < 4.78 is 0. The first-order valence-electron chi connectivity index (χ1n) is 9.76. The Hall–Kier alpha value is -1.06. The summed E-state index contributed by atoms with van der Waals surface area (Å²) in [4.78, 5) is 13.4. The molecule has 3 saturated carbocycles. The number of hydrogen-bond donors (Lipinski definition) is 2. The molecule has 25 heavy (non-hydrogen) atoms. The molecule has 1 amide bonds. The van der Waals surface area contributed by atoms with E-state index in [1.165, 1.54) is 24.8 Å². The van der Waals surface area contributed by atoms with Crippen LogP contribution in [-0.2, 0) is 11.2 Å². The van der Waals surface area contributed by atoms with Crippen molar-refractivity contribution in [3.63, 3.8) is 0 Å². The maximum absolute atomic E-state index is 13.4. The van der Waals surface area contributed by atoms with Crippen molar-refractivity contribution in [3.8, 4) is 0 Å². The van der Waals surface area contributed by atoms with E-state index in [1.807, 2.05) is 0 Å². The van der Waals surface area contributed by atoms with Crippen molar-refractivity contribution in [1.82, 2.24) is 5.32 Å². The van der Waals surface area contributed by atoms with Crippen molar-refractivity contribution < 1.29 is 4.79 Å². The summed E-state index contributed by atoms with van der Waals surface area (Å²) in [5.74, 6) is 1.68. The molecule has 3 atom stereocenters. The van der Waals surface area contributed by atoms with E-state index >= 15 is 0 Å². The lowest BCUT2D eigenvalue weighted by atomic mass is 9.68. The molecule has 0 saturated heterocycles. The highest BCUT2D eigenvalue weighted by atomic mass is 35.5. The first kappa shape index (κ1) is 18.7. The van der Waals surface area contributed by atoms with E-state index in [9.17, 15) is 4.79 Å². The molecule has 3 unspecified atom stereocenters. The van der Waals surface area contributed by atoms with Gasteiger partial charge in [0.25, 0.3) is 0 Å². The Balaban J connectivity index is 0.00000182. The fourth-order valence-corrected chi connectivity index (χ4v) is 5.57. The molecule has 0 spiro atoms. The van der Waals surface area contributed by atoms with Gasteiger partial charge in [-0.2, -0.15) is 0 Å². The summed E-state index contributed by atoms with van der Waals surface area (Å²) in [5, 5.41) is 3.43. The van der Waals surface area contributed by atoms with Crippen molar-refractivity contribution in [3.05, 3.63) is 35.9 Å². The molecule has 3 fully saturated rings. The second-order valence-corrected chi connectivity index (χ2v) is 8.48. The van der Waals surface area contributed by atoms with Gasteiger partial charge in [0.2, 0.25) is 5.91 Å². The van der Waals surface area contributed by atoms with Crippen LogP contribution in [0.15, 0.2) is 30.3 Å². The van der Waals surface area contributed by atoms with Crippen molar-refractivity contribution in [2.45, 2.75) is 69.9 Å². The van der Waals surface area contributed by atoms with Crippen LogP contribution >= 0.6 is 12.4 Å². The van der Waals surface area contributed by atoms with Gasteiger partial charge in [-0.1, -0.05) is 36.8 Å². The summed E-state index contributed by atoms with van der Waals surface area (Å²) in [6.45, 7) is 0. The van der Waals surface area contributed by atoms with E-state index in [1.54, 1.807) is 0 Å². The first-order chi connectivity index (χ1) is 11.7. The smallest absolute Gasteiger partial charge is 0.227 e. The molecule has 3 N–H and O–H groups in total. The van der Waals surface area contributed by atoms with Gasteiger partial charge < -0.3 is 11.1 Å². The maximum Gasteiger partial charge on any atom is 0.227 e. The van der Waals surface area contributed by atoms with Crippen LogP contribution in [0.5, 0.6) is 0 Å². The van der Waals surface area contributed by atoms with Crippen LogP contribution in [0.1, 0.15) is 56.9 Å². The number of carbonyl (C=O) groups is 1. The minimum atomic E-state index is -0.163. The number of fused-ring (bicyclic) bond motifs is 2. The van der Waals surface area contributed by atoms with E-state index in [2.05, 4.69) is 35.6 Å². The molecular weight excluding hydrogens is 332 g/mol. The van der Waals surface area contributed by atoms with Crippen molar-refractivity contribution in [1.29, 1.82) is 0 Å². The van der Waals surface area contributed by atoms with Crippen molar-refractivity contribution >= 4 is 18.3 Å². The quantitative estimate of drug-likeness (QED) is 0.854. The van der Waals surface area contributed by atoms with E-state index in [0.29, 0.717) is 23.9 Å². The molecular formula is C21H31ClN2O. The lowest BCUT2D eigenvalue weighted by Gasteiger charge is -2.38. The van der Waals surface area contributed by atoms with Gasteiger partial charge in [-0.25, -0.2) is 0 Å². The van der Waals surface area contributed by atoms with Crippen LogP contribution in [0.4, 0.5) is 0 Å². The Morgan fingerprint density at radius 2 is 1.80 bits per heavy atom. The fraction of sp³-hybridized carbons (Fsp3) is 0.667. The first-order valence-corrected chi connectivity index (χ1v) is 9.76. The Morgan fingerprint density at radius 1 is 1.08 bits per heavy atom. The Bertz CT molecular complexity index is 585. The third-order valence-electron chi connectivity index (χ3n) is 6.90. The standard InChI is InChI=1S/C21H30N2O.ClH/c22-18-8-10-19(11-9-18)23-20(24)21(13-15-4-2-1-3-5-15)14-16-6-7-17(21)12-16;/h1-5,16-19H,6-14,22H2,(H,23,24);1H. The Labute approximate surface area is 157 Å². The lowest BCUT2D eigenvalue weighted by molar-refractivity contribution is -0.135. The number of carbonyl (C=O) groups excluding carboxylic acids is 1. The number of benzene rings is 1. The van der Waals surface area contributed by atoms with Crippen molar-refractivity contribution in [2.75, 3.05) is 0 Å². The summed E-state index contributed by atoms with van der Waals surface area (Å²) in [6, 6.07) is 11.3. The van der Waals surface area contributed by atoms with Crippen molar-refractivity contribution in [2.24, 2.45) is 23.0 Å². The molecule has 3 aliphatic carbocycles. The van der Waals surface area contributed by atoms with E-state index < -0.39 is 0 Å². The number of rotatable bonds is 4. The molecule has 2 bridgehead atoms. The maximum atomic E-state index is 13.4. The van der Waals surface area contributed by atoms with Gasteiger partial charge in [-0.05, 0) is 68.8 Å². The Morgan fingerprint density at radius 3 is 2.40 bits per heavy atom. The number of amides is 1. The largest absolute Gasteiger partial charge is 0.353 e.